The second-order valence-electron chi connectivity index (χ2n) is 6.44. The third kappa shape index (κ3) is 6.80. The zero-order chi connectivity index (χ0) is 18.8. The van der Waals surface area contributed by atoms with Gasteiger partial charge in [0.2, 0.25) is 0 Å². The molecule has 0 fully saturated rings. The minimum atomic E-state index is -3.19. The molecule has 140 valence electrons. The molecule has 0 radical (unpaired) electrons. The molecule has 0 aliphatic heterocycles. The van der Waals surface area contributed by atoms with Crippen LogP contribution in [0, 0.1) is 0 Å². The Hall–Kier alpha value is -2.19. The van der Waals surface area contributed by atoms with Gasteiger partial charge >= 0.3 is 7.60 Å². The van der Waals surface area contributed by atoms with Crippen LogP contribution in [0.5, 0.6) is 0 Å². The highest BCUT2D eigenvalue weighted by Crippen LogP contribution is 2.50. The van der Waals surface area contributed by atoms with Gasteiger partial charge in [0.05, 0.1) is 19.4 Å². The van der Waals surface area contributed by atoms with Gasteiger partial charge in [-0.15, -0.1) is 0 Å². The lowest BCUT2D eigenvalue weighted by Gasteiger charge is -2.19. The van der Waals surface area contributed by atoms with E-state index >= 15 is 0 Å². The second kappa shape index (κ2) is 10.2. The average Bonchev–Trinajstić information content (AvgIpc) is 2.73. The Morgan fingerprint density at radius 3 is 1.44 bits per heavy atom. The van der Waals surface area contributed by atoms with Gasteiger partial charge in [-0.25, -0.2) is 0 Å². The van der Waals surface area contributed by atoms with Crippen molar-refractivity contribution in [3.8, 4) is 0 Å². The number of benzene rings is 3. The molecule has 0 aromatic heterocycles. The normalized spacial score (nSPS) is 11.4. The molecule has 0 aliphatic rings. The smallest absolute Gasteiger partial charge is 0.304 e. The average molecular weight is 380 g/mol. The summed E-state index contributed by atoms with van der Waals surface area (Å²) < 4.78 is 24.9. The Balaban J connectivity index is 1.60. The molecule has 0 saturated carbocycles. The summed E-state index contributed by atoms with van der Waals surface area (Å²) >= 11 is 0. The van der Waals surface area contributed by atoms with Crippen LogP contribution in [-0.4, -0.2) is 6.16 Å². The highest BCUT2D eigenvalue weighted by molar-refractivity contribution is 7.53. The third-order valence-corrected chi connectivity index (χ3v) is 6.19. The number of hydrogen-bond acceptors (Lipinski definition) is 3. The first-order valence-electron chi connectivity index (χ1n) is 9.23. The van der Waals surface area contributed by atoms with Gasteiger partial charge in [-0.1, -0.05) is 91.0 Å². The molecule has 0 aliphatic carbocycles. The minimum Gasteiger partial charge on any atom is -0.304 e. The lowest BCUT2D eigenvalue weighted by molar-refractivity contribution is 0.191. The Morgan fingerprint density at radius 1 is 0.593 bits per heavy atom. The lowest BCUT2D eigenvalue weighted by atomic mass is 10.1. The molecule has 0 bridgehead atoms. The van der Waals surface area contributed by atoms with Crippen molar-refractivity contribution < 1.29 is 13.6 Å². The Kier molecular flexibility index (Phi) is 7.41. The summed E-state index contributed by atoms with van der Waals surface area (Å²) in [7, 11) is -3.19. The van der Waals surface area contributed by atoms with E-state index in [-0.39, 0.29) is 13.2 Å². The van der Waals surface area contributed by atoms with E-state index < -0.39 is 7.60 Å². The minimum absolute atomic E-state index is 0.290. The highest BCUT2D eigenvalue weighted by atomic mass is 31.2. The number of hydrogen-bond donors (Lipinski definition) is 0. The van der Waals surface area contributed by atoms with E-state index in [2.05, 4.69) is 12.1 Å². The molecule has 0 heterocycles. The maximum atomic E-state index is 13.3. The third-order valence-electron chi connectivity index (χ3n) is 4.28. The zero-order valence-electron chi connectivity index (χ0n) is 15.4. The van der Waals surface area contributed by atoms with E-state index in [4.69, 9.17) is 9.05 Å². The van der Waals surface area contributed by atoms with Gasteiger partial charge in [-0.05, 0) is 29.5 Å². The van der Waals surface area contributed by atoms with Gasteiger partial charge in [0.1, 0.15) is 0 Å². The molecule has 3 rings (SSSR count). The second-order valence-corrected chi connectivity index (χ2v) is 8.63. The van der Waals surface area contributed by atoms with Gasteiger partial charge in [-0.2, -0.15) is 0 Å². The van der Waals surface area contributed by atoms with E-state index in [9.17, 15) is 4.57 Å². The van der Waals surface area contributed by atoms with Crippen molar-refractivity contribution in [3.63, 3.8) is 0 Å². The lowest BCUT2D eigenvalue weighted by Crippen LogP contribution is -2.03. The summed E-state index contributed by atoms with van der Waals surface area (Å²) in [6.45, 7) is 0.580. The summed E-state index contributed by atoms with van der Waals surface area (Å²) in [5.41, 5.74) is 3.21. The van der Waals surface area contributed by atoms with E-state index in [1.54, 1.807) is 0 Å². The number of aryl methyl sites for hydroxylation is 1. The van der Waals surface area contributed by atoms with Crippen molar-refractivity contribution in [1.29, 1.82) is 0 Å². The van der Waals surface area contributed by atoms with Crippen molar-refractivity contribution in [3.05, 3.63) is 108 Å². The molecule has 0 saturated heterocycles. The predicted octanol–water partition coefficient (Wildman–Crippen LogP) is 6.25. The van der Waals surface area contributed by atoms with Crippen LogP contribution in [0.4, 0.5) is 0 Å². The summed E-state index contributed by atoms with van der Waals surface area (Å²) in [4.78, 5) is 0. The van der Waals surface area contributed by atoms with E-state index in [0.29, 0.717) is 6.16 Å². The molecular formula is C23H25O3P. The predicted molar refractivity (Wildman–Crippen MR) is 110 cm³/mol. The first kappa shape index (κ1) is 19.6. The van der Waals surface area contributed by atoms with Crippen molar-refractivity contribution in [1.82, 2.24) is 0 Å². The van der Waals surface area contributed by atoms with E-state index in [1.807, 2.05) is 78.9 Å². The Morgan fingerprint density at radius 2 is 1.00 bits per heavy atom. The molecule has 3 aromatic rings. The van der Waals surface area contributed by atoms with Crippen LogP contribution in [0.2, 0.25) is 0 Å². The van der Waals surface area contributed by atoms with Crippen molar-refractivity contribution in [2.75, 3.05) is 6.16 Å². The molecule has 0 spiro atoms. The van der Waals surface area contributed by atoms with Crippen molar-refractivity contribution in [2.24, 2.45) is 0 Å². The summed E-state index contributed by atoms with van der Waals surface area (Å²) in [6.07, 6.45) is 2.01. The summed E-state index contributed by atoms with van der Waals surface area (Å²) in [5, 5.41) is 0. The quantitative estimate of drug-likeness (QED) is 0.390. The van der Waals surface area contributed by atoms with E-state index in [1.165, 1.54) is 5.56 Å². The fourth-order valence-corrected chi connectivity index (χ4v) is 4.35. The first-order valence-corrected chi connectivity index (χ1v) is 11.0. The zero-order valence-corrected chi connectivity index (χ0v) is 16.3. The number of rotatable bonds is 10. The molecule has 0 atom stereocenters. The van der Waals surface area contributed by atoms with E-state index in [0.717, 1.165) is 24.0 Å². The molecular weight excluding hydrogens is 355 g/mol. The van der Waals surface area contributed by atoms with Gasteiger partial charge in [0, 0.05) is 0 Å². The molecule has 4 heteroatoms. The molecule has 3 aromatic carbocycles. The Labute approximate surface area is 161 Å². The molecule has 0 amide bonds. The largest absolute Gasteiger partial charge is 0.331 e. The van der Waals surface area contributed by atoms with Crippen LogP contribution in [0.1, 0.15) is 23.1 Å². The Bertz CT molecular complexity index is 788. The fraction of sp³-hybridized carbons (Fsp3) is 0.217. The monoisotopic (exact) mass is 380 g/mol. The maximum absolute atomic E-state index is 13.3. The van der Waals surface area contributed by atoms with Crippen LogP contribution in [0.3, 0.4) is 0 Å². The summed E-state index contributed by atoms with van der Waals surface area (Å²) in [5.74, 6) is 0. The van der Waals surface area contributed by atoms with Crippen LogP contribution >= 0.6 is 7.60 Å². The van der Waals surface area contributed by atoms with Gasteiger partial charge < -0.3 is 9.05 Å². The van der Waals surface area contributed by atoms with Crippen molar-refractivity contribution >= 4 is 7.60 Å². The van der Waals surface area contributed by atoms with Crippen LogP contribution in [0.25, 0.3) is 0 Å². The standard InChI is InChI=1S/C23H25O3P/c24-27(25-19-22-13-6-2-7-14-22,26-20-23-15-8-3-9-16-23)18-10-17-21-11-4-1-5-12-21/h1-9,11-16H,10,17-20H2. The molecule has 0 unspecified atom stereocenters. The van der Waals surface area contributed by atoms with Crippen LogP contribution < -0.4 is 0 Å². The molecule has 27 heavy (non-hydrogen) atoms. The maximum Gasteiger partial charge on any atom is 0.331 e. The highest BCUT2D eigenvalue weighted by Gasteiger charge is 2.24. The molecule has 3 nitrogen and oxygen atoms in total. The first-order chi connectivity index (χ1) is 13.2. The fourth-order valence-electron chi connectivity index (χ4n) is 2.78. The topological polar surface area (TPSA) is 35.5 Å². The SMILES string of the molecule is O=P(CCCc1ccccc1)(OCc1ccccc1)OCc1ccccc1. The van der Waals surface area contributed by atoms with Crippen LogP contribution in [0.15, 0.2) is 91.0 Å². The van der Waals surface area contributed by atoms with Gasteiger partial charge in [-0.3, -0.25) is 4.57 Å². The van der Waals surface area contributed by atoms with Crippen LogP contribution in [-0.2, 0) is 33.2 Å². The molecule has 0 N–H and O–H groups in total. The summed E-state index contributed by atoms with van der Waals surface area (Å²) in [6, 6.07) is 29.8. The van der Waals surface area contributed by atoms with Gasteiger partial charge in [0.15, 0.2) is 0 Å². The van der Waals surface area contributed by atoms with Gasteiger partial charge in [0.25, 0.3) is 0 Å². The van der Waals surface area contributed by atoms with Crippen molar-refractivity contribution in [2.45, 2.75) is 26.1 Å².